The molecule has 1 aliphatic rings. The molecule has 128 valence electrons. The highest BCUT2D eigenvalue weighted by atomic mass is 16.5. The highest BCUT2D eigenvalue weighted by molar-refractivity contribution is 6.27. The predicted octanol–water partition coefficient (Wildman–Crippen LogP) is 0.265. The molecule has 0 atom stereocenters. The lowest BCUT2D eigenvalue weighted by Crippen LogP contribution is -2.42. The Kier molecular flexibility index (Phi) is 7.86. The molecule has 1 aromatic rings. The predicted molar refractivity (Wildman–Crippen MR) is 83.0 cm³/mol. The van der Waals surface area contributed by atoms with Crippen LogP contribution >= 0.6 is 0 Å². The third kappa shape index (κ3) is 6.54. The number of aliphatic carboxylic acids is 2. The summed E-state index contributed by atoms with van der Waals surface area (Å²) in [6.07, 6.45) is 0. The number of rotatable bonds is 4. The first-order chi connectivity index (χ1) is 11.0. The summed E-state index contributed by atoms with van der Waals surface area (Å²) >= 11 is 0. The van der Waals surface area contributed by atoms with Gasteiger partial charge in [0.05, 0.1) is 14.2 Å². The number of carboxylic acid groups (broad SMARTS) is 2. The maximum Gasteiger partial charge on any atom is 0.414 e. The van der Waals surface area contributed by atoms with Gasteiger partial charge in [0, 0.05) is 44.4 Å². The molecule has 0 spiro atoms. The fraction of sp³-hybridized carbons (Fsp3) is 0.467. The van der Waals surface area contributed by atoms with Crippen molar-refractivity contribution in [2.24, 2.45) is 0 Å². The molecule has 0 radical (unpaired) electrons. The first kappa shape index (κ1) is 18.7. The van der Waals surface area contributed by atoms with Crippen LogP contribution in [0, 0.1) is 0 Å². The van der Waals surface area contributed by atoms with Crippen LogP contribution in [0.1, 0.15) is 5.56 Å². The summed E-state index contributed by atoms with van der Waals surface area (Å²) in [5.41, 5.74) is 1.22. The van der Waals surface area contributed by atoms with Gasteiger partial charge in [0.1, 0.15) is 11.5 Å². The van der Waals surface area contributed by atoms with Crippen molar-refractivity contribution < 1.29 is 29.3 Å². The number of benzene rings is 1. The van der Waals surface area contributed by atoms with Gasteiger partial charge in [-0.25, -0.2) is 9.59 Å². The minimum Gasteiger partial charge on any atom is -0.497 e. The topological polar surface area (TPSA) is 108 Å². The van der Waals surface area contributed by atoms with E-state index in [0.29, 0.717) is 0 Å². The molecule has 1 aromatic carbocycles. The van der Waals surface area contributed by atoms with Crippen molar-refractivity contribution >= 4 is 11.9 Å². The third-order valence-electron chi connectivity index (χ3n) is 3.28. The number of nitrogens with one attached hydrogen (secondary N) is 1. The molecule has 2 rings (SSSR count). The van der Waals surface area contributed by atoms with E-state index in [1.54, 1.807) is 14.2 Å². The zero-order valence-corrected chi connectivity index (χ0v) is 13.2. The normalized spacial score (nSPS) is 14.3. The molecule has 1 heterocycles. The molecule has 0 saturated carbocycles. The van der Waals surface area contributed by atoms with Gasteiger partial charge in [0.2, 0.25) is 0 Å². The smallest absolute Gasteiger partial charge is 0.414 e. The van der Waals surface area contributed by atoms with Crippen LogP contribution in [0.4, 0.5) is 0 Å². The maximum absolute atomic E-state index is 9.10. The Morgan fingerprint density at radius 3 is 2.22 bits per heavy atom. The highest BCUT2D eigenvalue weighted by Crippen LogP contribution is 2.25. The maximum atomic E-state index is 9.10. The molecule has 8 heteroatoms. The van der Waals surface area contributed by atoms with Crippen LogP contribution in [0.3, 0.4) is 0 Å². The number of carbonyl (C=O) groups is 2. The van der Waals surface area contributed by atoms with Crippen molar-refractivity contribution in [2.45, 2.75) is 6.54 Å². The standard InChI is InChI=1S/C13H20N2O2.C2H2O4/c1-16-12-4-3-11(13(9-12)17-2)10-15-7-5-14-6-8-15;3-1(4)2(5)6/h3-4,9,14H,5-8,10H2,1-2H3;(H,3,4)(H,5,6). The van der Waals surface area contributed by atoms with E-state index >= 15 is 0 Å². The lowest BCUT2D eigenvalue weighted by atomic mass is 10.1. The Morgan fingerprint density at radius 2 is 1.74 bits per heavy atom. The summed E-state index contributed by atoms with van der Waals surface area (Å²) in [6, 6.07) is 6.01. The molecule has 8 nitrogen and oxygen atoms in total. The summed E-state index contributed by atoms with van der Waals surface area (Å²) in [5.74, 6) is -1.90. The van der Waals surface area contributed by atoms with E-state index in [1.807, 2.05) is 12.1 Å². The van der Waals surface area contributed by atoms with Crippen molar-refractivity contribution in [3.8, 4) is 11.5 Å². The van der Waals surface area contributed by atoms with Gasteiger partial charge < -0.3 is 25.0 Å². The van der Waals surface area contributed by atoms with Crippen LogP contribution in [0.15, 0.2) is 18.2 Å². The van der Waals surface area contributed by atoms with Crippen molar-refractivity contribution in [1.82, 2.24) is 10.2 Å². The molecule has 0 unspecified atom stereocenters. The van der Waals surface area contributed by atoms with Gasteiger partial charge in [0.15, 0.2) is 0 Å². The SMILES string of the molecule is COc1ccc(CN2CCNCC2)c(OC)c1.O=C(O)C(=O)O. The highest BCUT2D eigenvalue weighted by Gasteiger charge is 2.13. The summed E-state index contributed by atoms with van der Waals surface area (Å²) < 4.78 is 10.6. The number of methoxy groups -OCH3 is 2. The van der Waals surface area contributed by atoms with E-state index < -0.39 is 11.9 Å². The second-order valence-electron chi connectivity index (χ2n) is 4.81. The van der Waals surface area contributed by atoms with Gasteiger partial charge in [-0.3, -0.25) is 4.90 Å². The minimum absolute atomic E-state index is 0.839. The number of carboxylic acids is 2. The van der Waals surface area contributed by atoms with Gasteiger partial charge in [0.25, 0.3) is 0 Å². The van der Waals surface area contributed by atoms with Crippen molar-refractivity contribution in [3.63, 3.8) is 0 Å². The van der Waals surface area contributed by atoms with Gasteiger partial charge in [-0.15, -0.1) is 0 Å². The summed E-state index contributed by atoms with van der Waals surface area (Å²) in [6.45, 7) is 5.26. The van der Waals surface area contributed by atoms with Crippen molar-refractivity contribution in [3.05, 3.63) is 23.8 Å². The second kappa shape index (κ2) is 9.65. The number of nitrogens with zero attached hydrogens (tertiary/aromatic N) is 1. The molecule has 0 aliphatic carbocycles. The van der Waals surface area contributed by atoms with Gasteiger partial charge in [-0.05, 0) is 6.07 Å². The van der Waals surface area contributed by atoms with Crippen LogP contribution in [0.5, 0.6) is 11.5 Å². The molecule has 0 amide bonds. The van der Waals surface area contributed by atoms with E-state index in [1.165, 1.54) is 5.56 Å². The average molecular weight is 326 g/mol. The Bertz CT molecular complexity index is 517. The van der Waals surface area contributed by atoms with E-state index in [-0.39, 0.29) is 0 Å². The van der Waals surface area contributed by atoms with Gasteiger partial charge in [-0.1, -0.05) is 6.07 Å². The lowest BCUT2D eigenvalue weighted by molar-refractivity contribution is -0.159. The fourth-order valence-corrected chi connectivity index (χ4v) is 2.09. The Balaban J connectivity index is 0.000000379. The molecular weight excluding hydrogens is 304 g/mol. The lowest BCUT2D eigenvalue weighted by Gasteiger charge is -2.27. The van der Waals surface area contributed by atoms with Crippen LogP contribution in [-0.4, -0.2) is 67.5 Å². The van der Waals surface area contributed by atoms with Crippen LogP contribution in [0.2, 0.25) is 0 Å². The monoisotopic (exact) mass is 326 g/mol. The molecule has 3 N–H and O–H groups in total. The molecule has 1 saturated heterocycles. The van der Waals surface area contributed by atoms with Crippen LogP contribution < -0.4 is 14.8 Å². The minimum atomic E-state index is -1.82. The summed E-state index contributed by atoms with van der Waals surface area (Å²) in [5, 5.41) is 18.1. The van der Waals surface area contributed by atoms with E-state index in [9.17, 15) is 0 Å². The van der Waals surface area contributed by atoms with Gasteiger partial charge >= 0.3 is 11.9 Å². The van der Waals surface area contributed by atoms with Crippen LogP contribution in [-0.2, 0) is 16.1 Å². The summed E-state index contributed by atoms with van der Waals surface area (Å²) in [4.78, 5) is 20.6. The van der Waals surface area contributed by atoms with Gasteiger partial charge in [-0.2, -0.15) is 0 Å². The van der Waals surface area contributed by atoms with E-state index in [2.05, 4.69) is 16.3 Å². The van der Waals surface area contributed by atoms with E-state index in [0.717, 1.165) is 44.2 Å². The molecule has 23 heavy (non-hydrogen) atoms. The molecule has 1 aliphatic heterocycles. The molecule has 0 bridgehead atoms. The molecule has 0 aromatic heterocycles. The first-order valence-electron chi connectivity index (χ1n) is 7.08. The van der Waals surface area contributed by atoms with Crippen LogP contribution in [0.25, 0.3) is 0 Å². The zero-order valence-electron chi connectivity index (χ0n) is 13.2. The zero-order chi connectivity index (χ0) is 17.2. The fourth-order valence-electron chi connectivity index (χ4n) is 2.09. The number of hydrogen-bond donors (Lipinski definition) is 3. The molecule has 1 fully saturated rings. The van der Waals surface area contributed by atoms with E-state index in [4.69, 9.17) is 29.3 Å². The Morgan fingerprint density at radius 1 is 1.13 bits per heavy atom. The number of piperazine rings is 1. The Hall–Kier alpha value is -2.32. The first-order valence-corrected chi connectivity index (χ1v) is 7.08. The Labute approximate surface area is 134 Å². The molecular formula is C15H22N2O6. The third-order valence-corrected chi connectivity index (χ3v) is 3.28. The quantitative estimate of drug-likeness (QED) is 0.677. The number of ether oxygens (including phenoxy) is 2. The second-order valence-corrected chi connectivity index (χ2v) is 4.81. The number of hydrogen-bond acceptors (Lipinski definition) is 6. The average Bonchev–Trinajstić information content (AvgIpc) is 2.56. The largest absolute Gasteiger partial charge is 0.497 e. The summed E-state index contributed by atoms with van der Waals surface area (Å²) in [7, 11) is 3.38. The van der Waals surface area contributed by atoms with Crippen molar-refractivity contribution in [2.75, 3.05) is 40.4 Å². The van der Waals surface area contributed by atoms with Crippen molar-refractivity contribution in [1.29, 1.82) is 0 Å².